The third-order valence-electron chi connectivity index (χ3n) is 5.99. The van der Waals surface area contributed by atoms with Crippen LogP contribution in [-0.2, 0) is 23.8 Å². The Morgan fingerprint density at radius 3 is 2.33 bits per heavy atom. The summed E-state index contributed by atoms with van der Waals surface area (Å²) in [7, 11) is 0. The van der Waals surface area contributed by atoms with Crippen LogP contribution in [0, 0.1) is 11.8 Å². The first-order valence-electron chi connectivity index (χ1n) is 12.9. The van der Waals surface area contributed by atoms with Crippen LogP contribution in [0.3, 0.4) is 0 Å². The number of amides is 2. The Morgan fingerprint density at radius 2 is 1.80 bits per heavy atom. The van der Waals surface area contributed by atoms with Crippen molar-refractivity contribution in [3.05, 3.63) is 37.6 Å². The van der Waals surface area contributed by atoms with Crippen LogP contribution in [0.25, 0.3) is 6.08 Å². The monoisotopic (exact) mass is 648 g/mol. The SMILES string of the molecule is CC(C)[C@H](NC(=O)OC(C)(C)C)C(=O)N[C@H](C(=O)O[C@H]1C[C@H](n2cc(/C=C/Br)c(=O)[nH]c2=O)O[C@@H]1CCl)C(C)C. The predicted octanol–water partition coefficient (Wildman–Crippen LogP) is 3.03. The van der Waals surface area contributed by atoms with Crippen LogP contribution < -0.4 is 21.9 Å². The molecule has 14 heteroatoms. The van der Waals surface area contributed by atoms with Crippen molar-refractivity contribution in [1.29, 1.82) is 0 Å². The van der Waals surface area contributed by atoms with Gasteiger partial charge in [0.15, 0.2) is 0 Å². The minimum Gasteiger partial charge on any atom is -0.458 e. The largest absolute Gasteiger partial charge is 0.458 e. The van der Waals surface area contributed by atoms with Gasteiger partial charge in [-0.25, -0.2) is 14.4 Å². The molecule has 1 aliphatic rings. The van der Waals surface area contributed by atoms with Crippen LogP contribution in [0.5, 0.6) is 0 Å². The van der Waals surface area contributed by atoms with Gasteiger partial charge in [0, 0.05) is 12.6 Å². The minimum atomic E-state index is -1.05. The number of H-pyrrole nitrogens is 1. The van der Waals surface area contributed by atoms with Gasteiger partial charge in [0.2, 0.25) is 5.91 Å². The lowest BCUT2D eigenvalue weighted by atomic mass is 10.0. The van der Waals surface area contributed by atoms with Gasteiger partial charge in [-0.3, -0.25) is 19.1 Å². The molecule has 1 aromatic heterocycles. The smallest absolute Gasteiger partial charge is 0.408 e. The summed E-state index contributed by atoms with van der Waals surface area (Å²) in [4.78, 5) is 66.9. The number of carbonyl (C=O) groups excluding carboxylic acids is 3. The summed E-state index contributed by atoms with van der Waals surface area (Å²) in [5.41, 5.74) is -1.79. The number of rotatable bonds is 10. The summed E-state index contributed by atoms with van der Waals surface area (Å²) in [6, 6.07) is -2.01. The van der Waals surface area contributed by atoms with Crippen molar-refractivity contribution in [3.8, 4) is 0 Å². The molecule has 3 N–H and O–H groups in total. The van der Waals surface area contributed by atoms with Crippen molar-refractivity contribution in [3.63, 3.8) is 0 Å². The van der Waals surface area contributed by atoms with Gasteiger partial charge in [-0.15, -0.1) is 11.6 Å². The van der Waals surface area contributed by atoms with Crippen molar-refractivity contribution in [2.45, 2.75) is 91.0 Å². The van der Waals surface area contributed by atoms with Crippen LogP contribution in [-0.4, -0.2) is 63.3 Å². The van der Waals surface area contributed by atoms with Gasteiger partial charge in [0.05, 0.1) is 11.4 Å². The summed E-state index contributed by atoms with van der Waals surface area (Å²) >= 11 is 9.18. The lowest BCUT2D eigenvalue weighted by Crippen LogP contribution is -2.56. The van der Waals surface area contributed by atoms with E-state index in [4.69, 9.17) is 25.8 Å². The number of alkyl halides is 1. The molecular weight excluding hydrogens is 612 g/mol. The Hall–Kier alpha value is -2.64. The van der Waals surface area contributed by atoms with E-state index in [1.54, 1.807) is 48.5 Å². The van der Waals surface area contributed by atoms with Crippen LogP contribution in [0.4, 0.5) is 4.79 Å². The molecule has 2 heterocycles. The molecule has 1 fully saturated rings. The molecule has 2 amide bonds. The molecule has 5 atom stereocenters. The highest BCUT2D eigenvalue weighted by Crippen LogP contribution is 2.31. The van der Waals surface area contributed by atoms with Crippen LogP contribution in [0.15, 0.2) is 20.8 Å². The number of halogens is 2. The van der Waals surface area contributed by atoms with Gasteiger partial charge in [-0.1, -0.05) is 43.6 Å². The Kier molecular flexibility index (Phi) is 12.0. The maximum atomic E-state index is 13.3. The van der Waals surface area contributed by atoms with Gasteiger partial charge < -0.3 is 24.8 Å². The van der Waals surface area contributed by atoms with E-state index in [1.807, 2.05) is 0 Å². The average molecular weight is 650 g/mol. The predicted molar refractivity (Wildman–Crippen MR) is 153 cm³/mol. The lowest BCUT2D eigenvalue weighted by Gasteiger charge is -2.28. The summed E-state index contributed by atoms with van der Waals surface area (Å²) in [5, 5.41) is 5.25. The van der Waals surface area contributed by atoms with E-state index >= 15 is 0 Å². The lowest BCUT2D eigenvalue weighted by molar-refractivity contribution is -0.156. The van der Waals surface area contributed by atoms with E-state index in [2.05, 4.69) is 31.5 Å². The van der Waals surface area contributed by atoms with Gasteiger partial charge >= 0.3 is 17.8 Å². The number of alkyl carbamates (subject to hydrolysis) is 1. The maximum absolute atomic E-state index is 13.3. The van der Waals surface area contributed by atoms with E-state index in [0.29, 0.717) is 0 Å². The molecule has 0 bridgehead atoms. The normalized spacial score (nSPS) is 20.9. The quantitative estimate of drug-likeness (QED) is 0.258. The Balaban J connectivity index is 2.18. The zero-order valence-electron chi connectivity index (χ0n) is 23.7. The van der Waals surface area contributed by atoms with E-state index in [0.717, 1.165) is 0 Å². The van der Waals surface area contributed by atoms with Gasteiger partial charge in [-0.2, -0.15) is 0 Å². The first-order chi connectivity index (χ1) is 18.6. The highest BCUT2D eigenvalue weighted by molar-refractivity contribution is 9.11. The first-order valence-corrected chi connectivity index (χ1v) is 14.4. The van der Waals surface area contributed by atoms with Crippen LogP contribution >= 0.6 is 27.5 Å². The fourth-order valence-electron chi connectivity index (χ4n) is 3.97. The summed E-state index contributed by atoms with van der Waals surface area (Å²) in [6.45, 7) is 12.1. The molecule has 0 radical (unpaired) electrons. The Bertz CT molecular complexity index is 1210. The second-order valence-corrected chi connectivity index (χ2v) is 12.0. The fraction of sp³-hybridized carbons (Fsp3) is 0.654. The number of nitrogens with zero attached hydrogens (tertiary/aromatic N) is 1. The number of hydrogen-bond donors (Lipinski definition) is 3. The average Bonchev–Trinajstić information content (AvgIpc) is 3.23. The number of aromatic amines is 1. The van der Waals surface area contributed by atoms with Gasteiger partial charge in [0.1, 0.15) is 36.1 Å². The highest BCUT2D eigenvalue weighted by Gasteiger charge is 2.41. The molecule has 0 unspecified atom stereocenters. The second-order valence-electron chi connectivity index (χ2n) is 11.1. The number of esters is 1. The summed E-state index contributed by atoms with van der Waals surface area (Å²) in [5.74, 6) is -1.99. The van der Waals surface area contributed by atoms with E-state index < -0.39 is 65.3 Å². The maximum Gasteiger partial charge on any atom is 0.408 e. The number of nitrogens with one attached hydrogen (secondary N) is 3. The molecule has 0 saturated carbocycles. The van der Waals surface area contributed by atoms with Crippen molar-refractivity contribution >= 4 is 51.6 Å². The zero-order chi connectivity index (χ0) is 30.4. The van der Waals surface area contributed by atoms with E-state index in [9.17, 15) is 24.0 Å². The summed E-state index contributed by atoms with van der Waals surface area (Å²) in [6.07, 6.45) is -0.285. The van der Waals surface area contributed by atoms with Crippen molar-refractivity contribution in [1.82, 2.24) is 20.2 Å². The van der Waals surface area contributed by atoms with E-state index in [1.165, 1.54) is 21.8 Å². The molecule has 1 saturated heterocycles. The van der Waals surface area contributed by atoms with Gasteiger partial charge in [-0.05, 0) is 43.7 Å². The van der Waals surface area contributed by atoms with Crippen molar-refractivity contribution in [2.75, 3.05) is 5.88 Å². The Labute approximate surface area is 246 Å². The second kappa shape index (κ2) is 14.3. The number of aromatic nitrogens is 2. The number of hydrogen-bond acceptors (Lipinski definition) is 8. The highest BCUT2D eigenvalue weighted by atomic mass is 79.9. The zero-order valence-corrected chi connectivity index (χ0v) is 26.0. The molecule has 12 nitrogen and oxygen atoms in total. The topological polar surface area (TPSA) is 158 Å². The number of carbonyl (C=O) groups is 3. The van der Waals surface area contributed by atoms with E-state index in [-0.39, 0.29) is 29.7 Å². The first kappa shape index (κ1) is 33.6. The van der Waals surface area contributed by atoms with Gasteiger partial charge in [0.25, 0.3) is 5.56 Å². The molecule has 1 aliphatic heterocycles. The molecule has 2 rings (SSSR count). The number of ether oxygens (including phenoxy) is 3. The van der Waals surface area contributed by atoms with Crippen molar-refractivity contribution in [2.24, 2.45) is 11.8 Å². The molecule has 40 heavy (non-hydrogen) atoms. The molecule has 224 valence electrons. The standard InChI is InChI=1S/C26H38BrClN4O8/c1-13(2)19(30-25(37)40-26(5,6)7)22(34)29-20(14(3)4)23(35)39-16-10-18(38-17(16)11-28)32-12-15(8-9-27)21(33)31-24(32)36/h8-9,12-14,16-20H,10-11H2,1-7H3,(H,29,34)(H,30,37)(H,31,33,36)/b9-8+/t16-,17+,18+,19-,20-/m0/s1. The molecule has 0 aromatic carbocycles. The fourth-order valence-corrected chi connectivity index (χ4v) is 4.52. The van der Waals surface area contributed by atoms with Crippen LogP contribution in [0.2, 0.25) is 0 Å². The molecule has 1 aromatic rings. The molecular formula is C26H38BrClN4O8. The molecule has 0 aliphatic carbocycles. The Morgan fingerprint density at radius 1 is 1.18 bits per heavy atom. The third-order valence-corrected chi connectivity index (χ3v) is 6.56. The molecule has 0 spiro atoms. The minimum absolute atomic E-state index is 0.0331. The van der Waals surface area contributed by atoms with Crippen molar-refractivity contribution < 1.29 is 28.6 Å². The third kappa shape index (κ3) is 9.20. The summed E-state index contributed by atoms with van der Waals surface area (Å²) < 4.78 is 18.1. The van der Waals surface area contributed by atoms with Crippen LogP contribution in [0.1, 0.15) is 66.7 Å².